The molecule has 3 rings (SSSR count). The summed E-state index contributed by atoms with van der Waals surface area (Å²) in [5.74, 6) is -1.52. The zero-order valence-electron chi connectivity index (χ0n) is 13.6. The lowest BCUT2D eigenvalue weighted by Crippen LogP contribution is -2.38. The molecule has 0 N–H and O–H groups in total. The van der Waals surface area contributed by atoms with Gasteiger partial charge in [-0.3, -0.25) is 9.59 Å². The van der Waals surface area contributed by atoms with E-state index in [9.17, 15) is 9.59 Å². The maximum atomic E-state index is 13.0. The van der Waals surface area contributed by atoms with E-state index in [1.807, 2.05) is 49.4 Å². The number of benzene rings is 2. The molecule has 3 unspecified atom stereocenters. The molecule has 0 saturated heterocycles. The monoisotopic (exact) mass is 308 g/mol. The Morgan fingerprint density at radius 1 is 1.00 bits per heavy atom. The topological polar surface area (TPSA) is 43.4 Å². The van der Waals surface area contributed by atoms with Crippen LogP contribution >= 0.6 is 0 Å². The molecule has 23 heavy (non-hydrogen) atoms. The summed E-state index contributed by atoms with van der Waals surface area (Å²) in [5, 5.41) is 0. The van der Waals surface area contributed by atoms with Crippen LogP contribution in [0, 0.1) is 12.8 Å². The van der Waals surface area contributed by atoms with Crippen LogP contribution in [0.25, 0.3) is 0 Å². The highest BCUT2D eigenvalue weighted by Gasteiger charge is 2.45. The number of esters is 1. The molecule has 0 fully saturated rings. The highest BCUT2D eigenvalue weighted by Crippen LogP contribution is 2.46. The van der Waals surface area contributed by atoms with E-state index in [-0.39, 0.29) is 17.6 Å². The molecule has 0 radical (unpaired) electrons. The summed E-state index contributed by atoms with van der Waals surface area (Å²) in [6, 6.07) is 15.5. The third kappa shape index (κ3) is 2.46. The van der Waals surface area contributed by atoms with Crippen molar-refractivity contribution in [1.29, 1.82) is 0 Å². The minimum absolute atomic E-state index is 0.0640. The van der Waals surface area contributed by atoms with E-state index in [2.05, 4.69) is 6.92 Å². The number of hydrogen-bond donors (Lipinski definition) is 0. The fraction of sp³-hybridized carbons (Fsp3) is 0.300. The van der Waals surface area contributed by atoms with Crippen LogP contribution in [-0.2, 0) is 9.53 Å². The van der Waals surface area contributed by atoms with Crippen molar-refractivity contribution in [2.45, 2.75) is 25.7 Å². The van der Waals surface area contributed by atoms with E-state index in [0.29, 0.717) is 5.56 Å². The number of carbonyl (C=O) groups excluding carboxylic acids is 2. The van der Waals surface area contributed by atoms with Gasteiger partial charge in [0, 0.05) is 11.5 Å². The van der Waals surface area contributed by atoms with Gasteiger partial charge in [-0.05, 0) is 29.5 Å². The summed E-state index contributed by atoms with van der Waals surface area (Å²) in [7, 11) is 1.34. The van der Waals surface area contributed by atoms with Gasteiger partial charge < -0.3 is 4.74 Å². The van der Waals surface area contributed by atoms with Crippen LogP contribution in [0.15, 0.2) is 48.5 Å². The number of fused-ring (bicyclic) bond motifs is 1. The number of Topliss-reactive ketones (excluding diaryl/α,β-unsaturated/α-hetero) is 1. The van der Waals surface area contributed by atoms with Crippen molar-refractivity contribution in [1.82, 2.24) is 0 Å². The van der Waals surface area contributed by atoms with Crippen molar-refractivity contribution in [3.8, 4) is 0 Å². The van der Waals surface area contributed by atoms with Crippen LogP contribution in [0.2, 0.25) is 0 Å². The zero-order chi connectivity index (χ0) is 16.6. The number of ketones is 1. The highest BCUT2D eigenvalue weighted by molar-refractivity contribution is 6.11. The second-order valence-corrected chi connectivity index (χ2v) is 6.12. The third-order valence-corrected chi connectivity index (χ3v) is 4.90. The van der Waals surface area contributed by atoms with Gasteiger partial charge in [0.25, 0.3) is 0 Å². The first-order chi connectivity index (χ1) is 11.1. The van der Waals surface area contributed by atoms with Gasteiger partial charge in [-0.15, -0.1) is 0 Å². The maximum absolute atomic E-state index is 13.0. The van der Waals surface area contributed by atoms with E-state index in [4.69, 9.17) is 4.74 Å². The molecule has 0 aromatic heterocycles. The van der Waals surface area contributed by atoms with Crippen molar-refractivity contribution in [3.63, 3.8) is 0 Å². The Morgan fingerprint density at radius 3 is 2.26 bits per heavy atom. The summed E-state index contributed by atoms with van der Waals surface area (Å²) in [5.41, 5.74) is 3.77. The molecule has 2 aromatic carbocycles. The summed E-state index contributed by atoms with van der Waals surface area (Å²) >= 11 is 0. The third-order valence-electron chi connectivity index (χ3n) is 4.90. The van der Waals surface area contributed by atoms with Crippen molar-refractivity contribution >= 4 is 11.8 Å². The van der Waals surface area contributed by atoms with Gasteiger partial charge in [-0.25, -0.2) is 0 Å². The Hall–Kier alpha value is -2.42. The Labute approximate surface area is 136 Å². The lowest BCUT2D eigenvalue weighted by Gasteiger charge is -2.36. The number of ether oxygens (including phenoxy) is 1. The first-order valence-electron chi connectivity index (χ1n) is 7.82. The SMILES string of the molecule is COC(=O)C1C(=O)c2ccccc2C(C)C1c1ccccc1C. The lowest BCUT2D eigenvalue weighted by molar-refractivity contribution is -0.144. The summed E-state index contributed by atoms with van der Waals surface area (Å²) < 4.78 is 4.96. The van der Waals surface area contributed by atoms with Gasteiger partial charge >= 0.3 is 5.97 Å². The molecule has 0 spiro atoms. The van der Waals surface area contributed by atoms with E-state index in [1.54, 1.807) is 6.07 Å². The van der Waals surface area contributed by atoms with Gasteiger partial charge in [-0.1, -0.05) is 55.5 Å². The average Bonchev–Trinajstić information content (AvgIpc) is 2.58. The molecule has 0 bridgehead atoms. The van der Waals surface area contributed by atoms with Crippen LogP contribution < -0.4 is 0 Å². The summed E-state index contributed by atoms with van der Waals surface area (Å²) in [6.07, 6.45) is 0. The molecular weight excluding hydrogens is 288 g/mol. The second-order valence-electron chi connectivity index (χ2n) is 6.12. The summed E-state index contributed by atoms with van der Waals surface area (Å²) in [6.45, 7) is 4.10. The number of carbonyl (C=O) groups is 2. The van der Waals surface area contributed by atoms with Crippen molar-refractivity contribution < 1.29 is 14.3 Å². The molecule has 3 nitrogen and oxygen atoms in total. The molecule has 1 aliphatic rings. The minimum Gasteiger partial charge on any atom is -0.468 e. The molecule has 3 atom stereocenters. The van der Waals surface area contributed by atoms with Gasteiger partial charge in [0.2, 0.25) is 0 Å². The van der Waals surface area contributed by atoms with E-state index < -0.39 is 11.9 Å². The Morgan fingerprint density at radius 2 is 1.61 bits per heavy atom. The van der Waals surface area contributed by atoms with Gasteiger partial charge in [-0.2, -0.15) is 0 Å². The zero-order valence-corrected chi connectivity index (χ0v) is 13.6. The fourth-order valence-electron chi connectivity index (χ4n) is 3.72. The van der Waals surface area contributed by atoms with Crippen LogP contribution in [0.5, 0.6) is 0 Å². The molecule has 0 saturated carbocycles. The largest absolute Gasteiger partial charge is 0.468 e. The molecule has 2 aromatic rings. The first-order valence-corrected chi connectivity index (χ1v) is 7.82. The summed E-state index contributed by atoms with van der Waals surface area (Å²) in [4.78, 5) is 25.3. The second kappa shape index (κ2) is 5.99. The molecule has 0 heterocycles. The van der Waals surface area contributed by atoms with Crippen LogP contribution in [-0.4, -0.2) is 18.9 Å². The highest BCUT2D eigenvalue weighted by atomic mass is 16.5. The number of hydrogen-bond acceptors (Lipinski definition) is 3. The Bertz CT molecular complexity index is 763. The average molecular weight is 308 g/mol. The van der Waals surface area contributed by atoms with Crippen LogP contribution in [0.1, 0.15) is 45.8 Å². The van der Waals surface area contributed by atoms with Crippen molar-refractivity contribution in [3.05, 3.63) is 70.8 Å². The van der Waals surface area contributed by atoms with Crippen LogP contribution in [0.4, 0.5) is 0 Å². The molecule has 0 aliphatic heterocycles. The predicted octanol–water partition coefficient (Wildman–Crippen LogP) is 3.87. The van der Waals surface area contributed by atoms with E-state index in [0.717, 1.165) is 16.7 Å². The Kier molecular flexibility index (Phi) is 4.03. The van der Waals surface area contributed by atoms with Crippen molar-refractivity contribution in [2.75, 3.05) is 7.11 Å². The van der Waals surface area contributed by atoms with Crippen molar-refractivity contribution in [2.24, 2.45) is 5.92 Å². The molecule has 118 valence electrons. The van der Waals surface area contributed by atoms with Gasteiger partial charge in [0.15, 0.2) is 5.78 Å². The number of rotatable bonds is 2. The minimum atomic E-state index is -0.786. The van der Waals surface area contributed by atoms with E-state index in [1.165, 1.54) is 7.11 Å². The lowest BCUT2D eigenvalue weighted by atomic mass is 9.65. The standard InChI is InChI=1S/C20H20O3/c1-12-8-4-5-9-14(12)17-13(2)15-10-6-7-11-16(15)19(21)18(17)20(22)23-3/h4-11,13,17-18H,1-3H3. The predicted molar refractivity (Wildman–Crippen MR) is 88.6 cm³/mol. The molecule has 3 heteroatoms. The Balaban J connectivity index is 2.21. The van der Waals surface area contributed by atoms with Crippen LogP contribution in [0.3, 0.4) is 0 Å². The van der Waals surface area contributed by atoms with E-state index >= 15 is 0 Å². The molecular formula is C20H20O3. The molecule has 1 aliphatic carbocycles. The molecule has 0 amide bonds. The quantitative estimate of drug-likeness (QED) is 0.625. The van der Waals surface area contributed by atoms with Gasteiger partial charge in [0.1, 0.15) is 5.92 Å². The number of methoxy groups -OCH3 is 1. The van der Waals surface area contributed by atoms with Gasteiger partial charge in [0.05, 0.1) is 7.11 Å². The smallest absolute Gasteiger partial charge is 0.317 e. The normalized spacial score (nSPS) is 23.3. The maximum Gasteiger partial charge on any atom is 0.317 e. The fourth-order valence-corrected chi connectivity index (χ4v) is 3.72. The first kappa shape index (κ1) is 15.5. The number of aryl methyl sites for hydroxylation is 1.